The molecule has 0 saturated carbocycles. The number of benzene rings is 9. The minimum absolute atomic E-state index is 0. The van der Waals surface area contributed by atoms with Crippen LogP contribution in [0.25, 0.3) is 32.3 Å². The van der Waals surface area contributed by atoms with E-state index in [1.54, 1.807) is 58.0 Å². The molecular formula is C87H99B2I4Na8O35PS8. The summed E-state index contributed by atoms with van der Waals surface area (Å²) in [7, 11) is -35.5. The Labute approximate surface area is 1090 Å². The van der Waals surface area contributed by atoms with Crippen LogP contribution < -0.4 is 271 Å². The number of halogens is 4. The topological polar surface area (TPSA) is 576 Å². The molecule has 35 nitrogen and oxygen atoms in total. The van der Waals surface area contributed by atoms with Crippen molar-refractivity contribution in [3.63, 3.8) is 0 Å². The van der Waals surface area contributed by atoms with E-state index >= 15 is 0 Å². The van der Waals surface area contributed by atoms with Crippen LogP contribution in [0.3, 0.4) is 0 Å². The summed E-state index contributed by atoms with van der Waals surface area (Å²) in [5, 5.41) is 25.5. The van der Waals surface area contributed by atoms with Gasteiger partial charge in [-0.25, -0.2) is 42.1 Å². The van der Waals surface area contributed by atoms with Crippen molar-refractivity contribution in [3.8, 4) is 58.0 Å². The third kappa shape index (κ3) is 48.6. The van der Waals surface area contributed by atoms with Crippen molar-refractivity contribution in [1.82, 2.24) is 0 Å². The van der Waals surface area contributed by atoms with Gasteiger partial charge in [-0.05, 0) is 362 Å². The van der Waals surface area contributed by atoms with Gasteiger partial charge < -0.3 is 89.9 Å². The molecule has 145 heavy (non-hydrogen) atoms. The Morgan fingerprint density at radius 3 is 0.993 bits per heavy atom. The summed E-state index contributed by atoms with van der Waals surface area (Å²) in [6.07, 6.45) is 2.26. The zero-order chi connectivity index (χ0) is 103. The van der Waals surface area contributed by atoms with E-state index in [4.69, 9.17) is 62.8 Å². The second kappa shape index (κ2) is 68.7. The molecule has 3 saturated heterocycles. The number of aryl methyl sites for hydroxylation is 4. The van der Waals surface area contributed by atoms with Gasteiger partial charge in [-0.15, -0.1) is 44.0 Å². The summed E-state index contributed by atoms with van der Waals surface area (Å²) in [5.74, 6) is 14.4. The number of hydrogen-bond donors (Lipinski definition) is 2. The Hall–Kier alpha value is 1.66. The molecule has 3 aliphatic rings. The molecule has 752 valence electrons. The quantitative estimate of drug-likeness (QED) is 0.00930. The molecule has 58 heteroatoms. The smallest absolute Gasteiger partial charge is 0.870 e. The summed E-state index contributed by atoms with van der Waals surface area (Å²) in [4.78, 5) is -1.42. The molecule has 0 amide bonds. The Bertz CT molecular complexity index is 6710. The number of rotatable bonds is 22. The van der Waals surface area contributed by atoms with Gasteiger partial charge in [0.05, 0.1) is 116 Å². The molecule has 12 rings (SSSR count). The van der Waals surface area contributed by atoms with Gasteiger partial charge in [0.15, 0.2) is 0 Å². The summed E-state index contributed by atoms with van der Waals surface area (Å²) in [6.45, 7) is 38.0. The predicted octanol–water partition coefficient (Wildman–Crippen LogP) is -11.3. The number of hydrogen-bond acceptors (Lipinski definition) is 35. The molecule has 3 heterocycles. The minimum Gasteiger partial charge on any atom is -0.870 e. The van der Waals surface area contributed by atoms with Crippen LogP contribution in [0.15, 0.2) is 124 Å². The van der Waals surface area contributed by atoms with E-state index in [1.807, 2.05) is 123 Å². The molecule has 0 spiro atoms. The summed E-state index contributed by atoms with van der Waals surface area (Å²) < 4.78 is 298. The molecule has 3 N–H and O–H groups in total. The van der Waals surface area contributed by atoms with Gasteiger partial charge in [-0.3, -0.25) is 4.18 Å². The van der Waals surface area contributed by atoms with Gasteiger partial charge in [0, 0.05) is 43.8 Å². The molecule has 0 atom stereocenters. The summed E-state index contributed by atoms with van der Waals surface area (Å²) >= 11 is 8.51. The Kier molecular flexibility index (Phi) is 73.5. The molecule has 0 bridgehead atoms. The SMILES string of the molecule is CC1(C)OB(C#CB2OC(C)(C)C(C)(C)O2)OC1(C)C.Cc1cc(P(c2cc(C)cc(S(=O)(=O)[O-])c2C)c2cc(C)cc(S(=O)(=O)[O-])c2C)c(C)c(S(=O)(=O)[O-])c1.O=S(=O)=O.O=S(=O)=O.O=S1(=O)CCCO1.Oc1c(I)ccc2c(O)c(I)ccc12.[CH2-]CCOc1c(C)ccc2c(OCCCS(=O)(=O)[O-])c(C#CC)ccc12.[CH2-]CCOc1c(I)ccc2c(OCCCS(=O)(=O)[O-])c(I)ccc12.[Na+].[Na+].[Na+].[Na+].[Na+].[Na+].[Na+].[Na+].[OH-]. The maximum atomic E-state index is 12.1. The van der Waals surface area contributed by atoms with E-state index in [0.717, 1.165) is 52.9 Å². The van der Waals surface area contributed by atoms with Crippen molar-refractivity contribution in [1.29, 1.82) is 0 Å². The molecule has 9 aromatic rings. The van der Waals surface area contributed by atoms with E-state index in [-0.39, 0.29) is 324 Å². The number of phenols is 2. The molecule has 0 aliphatic carbocycles. The van der Waals surface area contributed by atoms with Crippen LogP contribution in [0.5, 0.6) is 34.5 Å². The van der Waals surface area contributed by atoms with Gasteiger partial charge in [0.1, 0.15) is 64.9 Å². The van der Waals surface area contributed by atoms with E-state index < -0.39 is 130 Å². The van der Waals surface area contributed by atoms with Crippen LogP contribution in [-0.2, 0) is 105 Å². The molecular weight excluding hydrogens is 2610 g/mol. The van der Waals surface area contributed by atoms with E-state index in [1.165, 1.54) is 39.0 Å². The van der Waals surface area contributed by atoms with Crippen LogP contribution in [0.4, 0.5) is 0 Å². The fourth-order valence-electron chi connectivity index (χ4n) is 12.8. The van der Waals surface area contributed by atoms with Crippen molar-refractivity contribution in [2.75, 3.05) is 50.3 Å². The van der Waals surface area contributed by atoms with Crippen molar-refractivity contribution in [2.45, 2.75) is 180 Å². The van der Waals surface area contributed by atoms with Crippen molar-refractivity contribution >= 4 is 243 Å². The standard InChI is InChI=1S/C24H27O9PS3.C20H23O5S.C16H17I2O5S.C14H24B2O4.C10H6I2O2.C3H6O3S.8Na.2O3S.H2O/c1-13-7-19(16(4)22(10-13)35(25,26)27)34(20-8-14(2)11-23(17(20)5)36(28,29)30)21-9-15(3)12-24(18(21)6)37(31,32)33;1-4-7-16-9-11-17-18(10-8-15(3)19(17)24-12-5-2)20(16)25-13-6-14-26(21,22)23;1-2-8-22-15-11-4-7-14(18)16(12(11)5-6-13(15)17)23-9-3-10-24(19,20)21;1-11(2)12(3,4)18-15(17-11)9-10-16-19-13(5,6)14(7,8)20-16;11-7-3-1-5-6(10(7)14)2-4-8(12)9(5)13;4-7(5)3-1-2-6-7;;;;;;;;;2*1-4(2)3;/h7-12H,1-6H3,(H,25,26,27)(H,28,29,30)(H,31,32,33);8-11H,2,5-6,12-14H2,1,3H3,(H,21,22,23);4-7H,1-3,8-10H2,(H,19,20,21);1-8H3;1-4,13-14H;1-3H2;;;;;;;;;;;1H2/q;2*-1;;;;8*+1;;;/p-6. The minimum atomic E-state index is -4.91. The summed E-state index contributed by atoms with van der Waals surface area (Å²) in [6, 6.07) is 31.3. The fraction of sp³-hybridized carbons (Fsp3) is 0.379. The monoisotopic (exact) mass is 2700 g/mol. The van der Waals surface area contributed by atoms with Gasteiger partial charge in [-0.2, -0.15) is 8.42 Å². The predicted molar refractivity (Wildman–Crippen MR) is 547 cm³/mol. The third-order valence-corrected chi connectivity index (χ3v) is 32.6. The third-order valence-electron chi connectivity index (χ3n) is 20.6. The first-order chi connectivity index (χ1) is 62.6. The number of phenolic OH excluding ortho intramolecular Hbond substituents is 2. The first kappa shape index (κ1) is 155. The van der Waals surface area contributed by atoms with E-state index in [2.05, 4.69) is 132 Å². The Balaban J connectivity index is -0.000000546. The normalized spacial score (nSPS) is 13.9. The van der Waals surface area contributed by atoms with Crippen LogP contribution >= 0.6 is 98.3 Å². The molecule has 3 aliphatic heterocycles. The Morgan fingerprint density at radius 2 is 0.710 bits per heavy atom. The molecule has 0 aromatic heterocycles. The van der Waals surface area contributed by atoms with Gasteiger partial charge in [0.25, 0.3) is 10.1 Å². The molecule has 0 unspecified atom stereocenters. The van der Waals surface area contributed by atoms with E-state index in [0.29, 0.717) is 99.5 Å². The zero-order valence-corrected chi connectivity index (χ0v) is 117. The van der Waals surface area contributed by atoms with Crippen LogP contribution in [-0.4, -0.2) is 201 Å². The largest absolute Gasteiger partial charge is 1.00 e. The number of fused-ring (bicyclic) bond motifs is 3. The zero-order valence-electron chi connectivity index (χ0n) is 84.8. The molecule has 3 fully saturated rings. The maximum absolute atomic E-state index is 12.1. The summed E-state index contributed by atoms with van der Waals surface area (Å²) in [5.41, 5.74) is 1.80. The van der Waals surface area contributed by atoms with Crippen molar-refractivity contribution < 1.29 is 392 Å². The fourth-order valence-corrected chi connectivity index (χ4v) is 22.7. The van der Waals surface area contributed by atoms with Crippen LogP contribution in [0.1, 0.15) is 139 Å². The second-order valence-electron chi connectivity index (χ2n) is 31.9. The molecule has 9 aromatic carbocycles. The van der Waals surface area contributed by atoms with E-state index in [9.17, 15) is 83.5 Å². The first-order valence-electron chi connectivity index (χ1n) is 40.4. The average molecular weight is 2710 g/mol. The van der Waals surface area contributed by atoms with Crippen LogP contribution in [0, 0.1) is 100 Å². The number of ether oxygens (including phenoxy) is 4. The van der Waals surface area contributed by atoms with Crippen molar-refractivity contribution in [2.24, 2.45) is 0 Å². The van der Waals surface area contributed by atoms with Gasteiger partial charge in [-0.1, -0.05) is 47.9 Å². The Morgan fingerprint density at radius 1 is 0.434 bits per heavy atom. The first-order valence-corrected chi connectivity index (χ1v) is 57.0. The molecule has 0 radical (unpaired) electrons. The second-order valence-corrected chi connectivity index (χ2v) is 48.4. The van der Waals surface area contributed by atoms with Gasteiger partial charge >= 0.3 is 272 Å². The van der Waals surface area contributed by atoms with Crippen LogP contribution in [0.2, 0.25) is 0 Å². The average Bonchev–Trinajstić information content (AvgIpc) is 1.62. The van der Waals surface area contributed by atoms with Gasteiger partial charge in [0.2, 0.25) is 0 Å². The maximum Gasteiger partial charge on any atom is 1.00 e. The van der Waals surface area contributed by atoms with Crippen molar-refractivity contribution in [3.05, 3.63) is 182 Å². The number of aromatic hydroxyl groups is 2.